The van der Waals surface area contributed by atoms with Crippen molar-refractivity contribution < 1.29 is 14.4 Å². The third-order valence-electron chi connectivity index (χ3n) is 2.27. The molecule has 0 bridgehead atoms. The van der Waals surface area contributed by atoms with Crippen LogP contribution in [0.3, 0.4) is 0 Å². The van der Waals surface area contributed by atoms with Crippen molar-refractivity contribution in [3.05, 3.63) is 35.9 Å². The normalized spacial score (nSPS) is 9.53. The van der Waals surface area contributed by atoms with Gasteiger partial charge in [0.15, 0.2) is 0 Å². The Hall–Kier alpha value is -2.37. The lowest BCUT2D eigenvalue weighted by Gasteiger charge is -2.07. The molecule has 1 aromatic carbocycles. The molecule has 1 aromatic rings. The number of nitrogens with one attached hydrogen (secondary N) is 3. The lowest BCUT2D eigenvalue weighted by Crippen LogP contribution is -2.40. The van der Waals surface area contributed by atoms with E-state index in [-0.39, 0.29) is 24.3 Å². The number of rotatable bonds is 6. The molecule has 0 aromatic heterocycles. The first-order chi connectivity index (χ1) is 9.09. The highest BCUT2D eigenvalue weighted by atomic mass is 16.2. The molecule has 3 N–H and O–H groups in total. The molecule has 19 heavy (non-hydrogen) atoms. The fraction of sp³-hybridized carbons (Fsp3) is 0.308. The molecule has 6 heteroatoms. The fourth-order valence-corrected chi connectivity index (χ4v) is 1.36. The summed E-state index contributed by atoms with van der Waals surface area (Å²) in [6.45, 7) is 2.02. The summed E-state index contributed by atoms with van der Waals surface area (Å²) >= 11 is 0. The van der Waals surface area contributed by atoms with Crippen molar-refractivity contribution in [2.24, 2.45) is 0 Å². The molecule has 0 saturated carbocycles. The molecule has 3 amide bonds. The van der Waals surface area contributed by atoms with Gasteiger partial charge in [-0.15, -0.1) is 0 Å². The molecule has 0 radical (unpaired) electrons. The summed E-state index contributed by atoms with van der Waals surface area (Å²) < 4.78 is 0. The second-order valence-corrected chi connectivity index (χ2v) is 3.88. The average Bonchev–Trinajstić information content (AvgIpc) is 2.41. The summed E-state index contributed by atoms with van der Waals surface area (Å²) in [5.74, 6) is -0.737. The number of benzene rings is 1. The van der Waals surface area contributed by atoms with Gasteiger partial charge in [-0.05, 0) is 12.1 Å². The van der Waals surface area contributed by atoms with Crippen molar-refractivity contribution in [3.63, 3.8) is 0 Å². The van der Waals surface area contributed by atoms with E-state index in [4.69, 9.17) is 0 Å². The van der Waals surface area contributed by atoms with Gasteiger partial charge in [0, 0.05) is 25.6 Å². The molecule has 0 spiro atoms. The topological polar surface area (TPSA) is 87.3 Å². The van der Waals surface area contributed by atoms with Crippen LogP contribution >= 0.6 is 0 Å². The van der Waals surface area contributed by atoms with Gasteiger partial charge in [0.2, 0.25) is 11.8 Å². The van der Waals surface area contributed by atoms with Gasteiger partial charge in [0.25, 0.3) is 5.91 Å². The van der Waals surface area contributed by atoms with Crippen LogP contribution in [0.25, 0.3) is 0 Å². The third-order valence-corrected chi connectivity index (χ3v) is 2.27. The number of amides is 3. The molecule has 0 saturated heterocycles. The van der Waals surface area contributed by atoms with Crippen LogP contribution in [0, 0.1) is 0 Å². The molecule has 1 rings (SSSR count). The number of carbonyl (C=O) groups is 3. The zero-order chi connectivity index (χ0) is 14.1. The number of carbonyl (C=O) groups excluding carboxylic acids is 3. The highest BCUT2D eigenvalue weighted by Crippen LogP contribution is 1.96. The SMILES string of the molecule is CC(=O)NCCNC(=O)CNC(=O)c1ccccc1. The van der Waals surface area contributed by atoms with Gasteiger partial charge in [-0.3, -0.25) is 14.4 Å². The fourth-order valence-electron chi connectivity index (χ4n) is 1.36. The maximum atomic E-state index is 11.6. The number of hydrogen-bond donors (Lipinski definition) is 3. The Labute approximate surface area is 111 Å². The van der Waals surface area contributed by atoms with Crippen LogP contribution in [-0.2, 0) is 9.59 Å². The van der Waals surface area contributed by atoms with E-state index in [2.05, 4.69) is 16.0 Å². The summed E-state index contributed by atoms with van der Waals surface area (Å²) in [5.41, 5.74) is 0.508. The molecule has 0 fully saturated rings. The molecule has 102 valence electrons. The monoisotopic (exact) mass is 263 g/mol. The lowest BCUT2D eigenvalue weighted by molar-refractivity contribution is -0.121. The Kier molecular flexibility index (Phi) is 6.08. The zero-order valence-electron chi connectivity index (χ0n) is 10.7. The third kappa shape index (κ3) is 6.21. The summed E-state index contributed by atoms with van der Waals surface area (Å²) in [4.78, 5) is 33.6. The van der Waals surface area contributed by atoms with Crippen LogP contribution < -0.4 is 16.0 Å². The van der Waals surface area contributed by atoms with Crippen LogP contribution in [0.2, 0.25) is 0 Å². The highest BCUT2D eigenvalue weighted by molar-refractivity contribution is 5.96. The minimum atomic E-state index is -0.297. The van der Waals surface area contributed by atoms with E-state index in [1.807, 2.05) is 6.07 Å². The predicted octanol–water partition coefficient (Wildman–Crippen LogP) is -0.331. The summed E-state index contributed by atoms with van der Waals surface area (Å²) in [5, 5.41) is 7.64. The molecular weight excluding hydrogens is 246 g/mol. The van der Waals surface area contributed by atoms with Crippen LogP contribution in [0.15, 0.2) is 30.3 Å². The van der Waals surface area contributed by atoms with Gasteiger partial charge in [0.1, 0.15) is 0 Å². The van der Waals surface area contributed by atoms with E-state index >= 15 is 0 Å². The van der Waals surface area contributed by atoms with Crippen LogP contribution in [0.1, 0.15) is 17.3 Å². The van der Waals surface area contributed by atoms with Crippen LogP contribution in [0.4, 0.5) is 0 Å². The smallest absolute Gasteiger partial charge is 0.251 e. The van der Waals surface area contributed by atoms with Gasteiger partial charge in [-0.25, -0.2) is 0 Å². The van der Waals surface area contributed by atoms with Crippen molar-refractivity contribution in [2.45, 2.75) is 6.92 Å². The minimum Gasteiger partial charge on any atom is -0.355 e. The predicted molar refractivity (Wildman–Crippen MR) is 70.5 cm³/mol. The van der Waals surface area contributed by atoms with Crippen LogP contribution in [0.5, 0.6) is 0 Å². The highest BCUT2D eigenvalue weighted by Gasteiger charge is 2.06. The van der Waals surface area contributed by atoms with Gasteiger partial charge >= 0.3 is 0 Å². The molecule has 6 nitrogen and oxygen atoms in total. The molecular formula is C13H17N3O3. The Bertz CT molecular complexity index is 446. The lowest BCUT2D eigenvalue weighted by atomic mass is 10.2. The minimum absolute atomic E-state index is 0.0895. The van der Waals surface area contributed by atoms with E-state index < -0.39 is 0 Å². The van der Waals surface area contributed by atoms with E-state index in [1.54, 1.807) is 24.3 Å². The number of hydrogen-bond acceptors (Lipinski definition) is 3. The molecule has 0 aliphatic carbocycles. The van der Waals surface area contributed by atoms with Crippen LogP contribution in [-0.4, -0.2) is 37.4 Å². The maximum absolute atomic E-state index is 11.6. The van der Waals surface area contributed by atoms with Crippen molar-refractivity contribution in [3.8, 4) is 0 Å². The molecule has 0 heterocycles. The summed E-state index contributed by atoms with van der Waals surface area (Å²) in [7, 11) is 0. The Balaban J connectivity index is 2.20. The van der Waals surface area contributed by atoms with Gasteiger partial charge in [-0.2, -0.15) is 0 Å². The largest absolute Gasteiger partial charge is 0.355 e. The van der Waals surface area contributed by atoms with E-state index in [0.29, 0.717) is 18.7 Å². The van der Waals surface area contributed by atoms with Gasteiger partial charge in [0.05, 0.1) is 6.54 Å². The first-order valence-corrected chi connectivity index (χ1v) is 5.94. The molecule has 0 aliphatic rings. The van der Waals surface area contributed by atoms with Gasteiger partial charge in [-0.1, -0.05) is 18.2 Å². The second-order valence-electron chi connectivity index (χ2n) is 3.88. The molecule has 0 aliphatic heterocycles. The van der Waals surface area contributed by atoms with Crippen molar-refractivity contribution in [1.82, 2.24) is 16.0 Å². The Morgan fingerprint density at radius 3 is 2.21 bits per heavy atom. The first kappa shape index (κ1) is 14.7. The van der Waals surface area contributed by atoms with E-state index in [0.717, 1.165) is 0 Å². The summed E-state index contributed by atoms with van der Waals surface area (Å²) in [6.07, 6.45) is 0. The Morgan fingerprint density at radius 2 is 1.58 bits per heavy atom. The van der Waals surface area contributed by atoms with Crippen molar-refractivity contribution in [2.75, 3.05) is 19.6 Å². The van der Waals surface area contributed by atoms with E-state index in [1.165, 1.54) is 6.92 Å². The molecule has 0 unspecified atom stereocenters. The average molecular weight is 263 g/mol. The van der Waals surface area contributed by atoms with E-state index in [9.17, 15) is 14.4 Å². The van der Waals surface area contributed by atoms with Crippen molar-refractivity contribution in [1.29, 1.82) is 0 Å². The first-order valence-electron chi connectivity index (χ1n) is 5.94. The molecule has 0 atom stereocenters. The maximum Gasteiger partial charge on any atom is 0.251 e. The summed E-state index contributed by atoms with van der Waals surface area (Å²) in [6, 6.07) is 8.66. The zero-order valence-corrected chi connectivity index (χ0v) is 10.7. The second kappa shape index (κ2) is 7.86. The van der Waals surface area contributed by atoms with Crippen molar-refractivity contribution >= 4 is 17.7 Å². The Morgan fingerprint density at radius 1 is 0.947 bits per heavy atom. The van der Waals surface area contributed by atoms with Gasteiger partial charge < -0.3 is 16.0 Å². The quantitative estimate of drug-likeness (QED) is 0.614. The standard InChI is InChI=1S/C13H17N3O3/c1-10(17)14-7-8-15-12(18)9-16-13(19)11-5-3-2-4-6-11/h2-6H,7-9H2,1H3,(H,14,17)(H,15,18)(H,16,19).